The van der Waals surface area contributed by atoms with Crippen LogP contribution in [0.3, 0.4) is 0 Å². The number of hydrogen-bond donors (Lipinski definition) is 1. The number of pyridine rings is 1. The predicted octanol–water partition coefficient (Wildman–Crippen LogP) is 1.74. The van der Waals surface area contributed by atoms with Crippen molar-refractivity contribution < 1.29 is 4.74 Å². The van der Waals surface area contributed by atoms with Gasteiger partial charge in [-0.15, -0.1) is 0 Å². The number of nitrogens with two attached hydrogens (primary N) is 1. The molecule has 1 aromatic heterocycles. The van der Waals surface area contributed by atoms with Crippen LogP contribution in [0.1, 0.15) is 19.3 Å². The number of methoxy groups -OCH3 is 1. The van der Waals surface area contributed by atoms with Crippen LogP contribution in [0.25, 0.3) is 0 Å². The number of anilines is 1. The molecule has 0 spiro atoms. The lowest BCUT2D eigenvalue weighted by atomic mass is 10.3. The summed E-state index contributed by atoms with van der Waals surface area (Å²) in [6.07, 6.45) is 4.99. The average Bonchev–Trinajstić information content (AvgIpc) is 3.14. The maximum atomic E-state index is 5.56. The van der Waals surface area contributed by atoms with Gasteiger partial charge in [0.2, 0.25) is 5.88 Å². The summed E-state index contributed by atoms with van der Waals surface area (Å²) in [6, 6.07) is 4.58. The highest BCUT2D eigenvalue weighted by atomic mass is 32.1. The van der Waals surface area contributed by atoms with Gasteiger partial charge in [-0.1, -0.05) is 12.2 Å². The molecule has 1 fully saturated rings. The molecule has 92 valence electrons. The minimum Gasteiger partial charge on any atom is -0.481 e. The fraction of sp³-hybridized carbons (Fsp3) is 0.500. The molecule has 2 rings (SSSR count). The maximum Gasteiger partial charge on any atom is 0.214 e. The van der Waals surface area contributed by atoms with E-state index >= 15 is 0 Å². The molecule has 2 N–H and O–H groups in total. The molecule has 1 aliphatic carbocycles. The van der Waals surface area contributed by atoms with Gasteiger partial charge in [-0.05, 0) is 18.9 Å². The zero-order chi connectivity index (χ0) is 12.3. The van der Waals surface area contributed by atoms with E-state index in [1.807, 2.05) is 12.1 Å². The minimum absolute atomic E-state index is 0.566. The Bertz CT molecular complexity index is 406. The molecule has 5 heteroatoms. The van der Waals surface area contributed by atoms with Gasteiger partial charge in [0.1, 0.15) is 0 Å². The average molecular weight is 251 g/mol. The first-order chi connectivity index (χ1) is 8.20. The van der Waals surface area contributed by atoms with Crippen molar-refractivity contribution in [2.24, 2.45) is 5.73 Å². The third-order valence-corrected chi connectivity index (χ3v) is 3.05. The van der Waals surface area contributed by atoms with Gasteiger partial charge in [0.15, 0.2) is 0 Å². The zero-order valence-electron chi connectivity index (χ0n) is 9.93. The summed E-state index contributed by atoms with van der Waals surface area (Å²) in [7, 11) is 1.63. The lowest BCUT2D eigenvalue weighted by Crippen LogP contribution is -2.29. The normalized spacial score (nSPS) is 14.4. The molecule has 0 bridgehead atoms. The van der Waals surface area contributed by atoms with Crippen LogP contribution >= 0.6 is 12.2 Å². The highest BCUT2D eigenvalue weighted by Crippen LogP contribution is 2.32. The van der Waals surface area contributed by atoms with Gasteiger partial charge in [-0.3, -0.25) is 0 Å². The van der Waals surface area contributed by atoms with Crippen LogP contribution in [0.2, 0.25) is 0 Å². The Morgan fingerprint density at radius 1 is 1.65 bits per heavy atom. The molecule has 1 aliphatic rings. The van der Waals surface area contributed by atoms with Crippen molar-refractivity contribution in [2.45, 2.75) is 25.3 Å². The summed E-state index contributed by atoms with van der Waals surface area (Å²) in [5, 5.41) is 0. The molecule has 0 unspecified atom stereocenters. The van der Waals surface area contributed by atoms with Gasteiger partial charge in [-0.2, -0.15) is 0 Å². The first-order valence-corrected chi connectivity index (χ1v) is 6.16. The smallest absolute Gasteiger partial charge is 0.214 e. The summed E-state index contributed by atoms with van der Waals surface area (Å²) < 4.78 is 5.14. The molecule has 0 saturated heterocycles. The van der Waals surface area contributed by atoms with Crippen molar-refractivity contribution in [1.29, 1.82) is 0 Å². The van der Waals surface area contributed by atoms with E-state index in [-0.39, 0.29) is 0 Å². The van der Waals surface area contributed by atoms with Gasteiger partial charge >= 0.3 is 0 Å². The third kappa shape index (κ3) is 3.30. The Hall–Kier alpha value is -1.36. The standard InChI is InChI=1S/C12H17N3OS/c1-16-12-8-10(4-6-14-12)15(9-2-3-9)7-5-11(13)17/h4,6,8-9H,2-3,5,7H2,1H3,(H2,13,17). The summed E-state index contributed by atoms with van der Waals surface area (Å²) in [4.78, 5) is 7.02. The molecule has 1 heterocycles. The lowest BCUT2D eigenvalue weighted by Gasteiger charge is -2.24. The van der Waals surface area contributed by atoms with Crippen LogP contribution in [0, 0.1) is 0 Å². The maximum absolute atomic E-state index is 5.56. The van der Waals surface area contributed by atoms with Crippen LogP contribution in [0.15, 0.2) is 18.3 Å². The fourth-order valence-corrected chi connectivity index (χ4v) is 1.92. The quantitative estimate of drug-likeness (QED) is 0.780. The summed E-state index contributed by atoms with van der Waals surface area (Å²) in [6.45, 7) is 0.868. The van der Waals surface area contributed by atoms with E-state index in [9.17, 15) is 0 Å². The number of aromatic nitrogens is 1. The molecule has 1 saturated carbocycles. The minimum atomic E-state index is 0.566. The molecule has 0 radical (unpaired) electrons. The van der Waals surface area contributed by atoms with Crippen molar-refractivity contribution in [3.05, 3.63) is 18.3 Å². The van der Waals surface area contributed by atoms with Crippen molar-refractivity contribution >= 4 is 22.9 Å². The molecule has 4 nitrogen and oxygen atoms in total. The zero-order valence-corrected chi connectivity index (χ0v) is 10.7. The SMILES string of the molecule is COc1cc(N(CCC(N)=S)C2CC2)ccn1. The fourth-order valence-electron chi connectivity index (χ4n) is 1.83. The second-order valence-corrected chi connectivity index (χ2v) is 4.72. The van der Waals surface area contributed by atoms with Gasteiger partial charge < -0.3 is 15.4 Å². The van der Waals surface area contributed by atoms with E-state index in [1.165, 1.54) is 12.8 Å². The number of ether oxygens (including phenoxy) is 1. The third-order valence-electron chi connectivity index (χ3n) is 2.85. The molecule has 0 aliphatic heterocycles. The van der Waals surface area contributed by atoms with Gasteiger partial charge in [0.25, 0.3) is 0 Å². The van der Waals surface area contributed by atoms with Crippen LogP contribution < -0.4 is 15.4 Å². The van der Waals surface area contributed by atoms with Crippen LogP contribution in [-0.2, 0) is 0 Å². The molecular formula is C12H17N3OS. The van der Waals surface area contributed by atoms with Crippen molar-refractivity contribution in [3.8, 4) is 5.88 Å². The number of thiocarbonyl (C=S) groups is 1. The molecule has 0 amide bonds. The van der Waals surface area contributed by atoms with Gasteiger partial charge in [0, 0.05) is 37.0 Å². The summed E-state index contributed by atoms with van der Waals surface area (Å²) in [5.41, 5.74) is 6.70. The number of rotatable bonds is 6. The van der Waals surface area contributed by atoms with Crippen molar-refractivity contribution in [2.75, 3.05) is 18.6 Å². The Morgan fingerprint density at radius 3 is 3.00 bits per heavy atom. The topological polar surface area (TPSA) is 51.4 Å². The molecule has 0 aromatic carbocycles. The Morgan fingerprint density at radius 2 is 2.41 bits per heavy atom. The molecular weight excluding hydrogens is 234 g/mol. The van der Waals surface area contributed by atoms with Gasteiger partial charge in [-0.25, -0.2) is 4.98 Å². The highest BCUT2D eigenvalue weighted by molar-refractivity contribution is 7.80. The van der Waals surface area contributed by atoms with Crippen molar-refractivity contribution in [3.63, 3.8) is 0 Å². The first kappa shape index (κ1) is 12.1. The summed E-state index contributed by atoms with van der Waals surface area (Å²) in [5.74, 6) is 0.642. The van der Waals surface area contributed by atoms with E-state index in [0.29, 0.717) is 16.9 Å². The van der Waals surface area contributed by atoms with E-state index in [1.54, 1.807) is 13.3 Å². The van der Waals surface area contributed by atoms with E-state index in [4.69, 9.17) is 22.7 Å². The number of nitrogens with zero attached hydrogens (tertiary/aromatic N) is 2. The second-order valence-electron chi connectivity index (χ2n) is 4.20. The molecule has 17 heavy (non-hydrogen) atoms. The van der Waals surface area contributed by atoms with E-state index in [2.05, 4.69) is 9.88 Å². The van der Waals surface area contributed by atoms with Crippen LogP contribution in [0.4, 0.5) is 5.69 Å². The van der Waals surface area contributed by atoms with Gasteiger partial charge in [0.05, 0.1) is 12.1 Å². The highest BCUT2D eigenvalue weighted by Gasteiger charge is 2.29. The molecule has 1 aromatic rings. The van der Waals surface area contributed by atoms with Crippen molar-refractivity contribution in [1.82, 2.24) is 4.98 Å². The van der Waals surface area contributed by atoms with Crippen LogP contribution in [-0.4, -0.2) is 29.7 Å². The Kier molecular flexibility index (Phi) is 3.78. The summed E-state index contributed by atoms with van der Waals surface area (Å²) >= 11 is 4.93. The first-order valence-electron chi connectivity index (χ1n) is 5.75. The number of hydrogen-bond acceptors (Lipinski definition) is 4. The monoisotopic (exact) mass is 251 g/mol. The Balaban J connectivity index is 2.10. The lowest BCUT2D eigenvalue weighted by molar-refractivity contribution is 0.398. The predicted molar refractivity (Wildman–Crippen MR) is 72.6 cm³/mol. The largest absolute Gasteiger partial charge is 0.481 e. The molecule has 0 atom stereocenters. The van der Waals surface area contributed by atoms with Crippen LogP contribution in [0.5, 0.6) is 5.88 Å². The van der Waals surface area contributed by atoms with E-state index < -0.39 is 0 Å². The second kappa shape index (κ2) is 5.31. The Labute approximate surface area is 107 Å². The van der Waals surface area contributed by atoms with E-state index in [0.717, 1.165) is 18.7 Å².